The molecule has 7 heteroatoms. The van der Waals surface area contributed by atoms with E-state index in [-0.39, 0.29) is 17.2 Å². The van der Waals surface area contributed by atoms with Gasteiger partial charge < -0.3 is 15.2 Å². The number of thioether (sulfide) groups is 1. The van der Waals surface area contributed by atoms with E-state index in [1.165, 1.54) is 17.8 Å². The molecule has 0 atom stereocenters. The van der Waals surface area contributed by atoms with Gasteiger partial charge in [-0.3, -0.25) is 4.79 Å². The monoisotopic (exact) mass is 361 g/mol. The van der Waals surface area contributed by atoms with Gasteiger partial charge in [0, 0.05) is 29.6 Å². The quantitative estimate of drug-likeness (QED) is 0.549. The van der Waals surface area contributed by atoms with Crippen LogP contribution in [-0.4, -0.2) is 43.0 Å². The molecule has 110 valence electrons. The first-order valence-corrected chi connectivity index (χ1v) is 7.73. The smallest absolute Gasteiger partial charge is 0.336 e. The molecule has 1 amide bonds. The number of carbonyl (C=O) groups excluding carboxylic acids is 1. The van der Waals surface area contributed by atoms with Crippen molar-refractivity contribution in [3.8, 4) is 0 Å². The van der Waals surface area contributed by atoms with E-state index >= 15 is 0 Å². The molecule has 5 nitrogen and oxygen atoms in total. The van der Waals surface area contributed by atoms with Crippen LogP contribution in [0, 0.1) is 0 Å². The van der Waals surface area contributed by atoms with Gasteiger partial charge in [-0.2, -0.15) is 0 Å². The minimum Gasteiger partial charge on any atom is -0.478 e. The van der Waals surface area contributed by atoms with Crippen molar-refractivity contribution in [2.24, 2.45) is 0 Å². The molecule has 1 aromatic carbocycles. The molecular formula is C13H16BrNO4S. The highest BCUT2D eigenvalue weighted by Gasteiger charge is 2.12. The van der Waals surface area contributed by atoms with Crippen molar-refractivity contribution >= 4 is 39.6 Å². The van der Waals surface area contributed by atoms with E-state index in [1.54, 1.807) is 19.2 Å². The largest absolute Gasteiger partial charge is 0.478 e. The van der Waals surface area contributed by atoms with E-state index < -0.39 is 5.97 Å². The molecule has 0 radical (unpaired) electrons. The molecule has 0 aliphatic heterocycles. The Hall–Kier alpha value is -1.05. The molecular weight excluding hydrogens is 346 g/mol. The molecule has 0 saturated carbocycles. The molecule has 1 rings (SSSR count). The van der Waals surface area contributed by atoms with Crippen LogP contribution in [-0.2, 0) is 9.53 Å². The summed E-state index contributed by atoms with van der Waals surface area (Å²) < 4.78 is 5.66. The number of ether oxygens (including phenoxy) is 1. The zero-order valence-electron chi connectivity index (χ0n) is 11.0. The molecule has 0 saturated heterocycles. The third-order valence-electron chi connectivity index (χ3n) is 2.38. The maximum atomic E-state index is 11.6. The maximum absolute atomic E-state index is 11.6. The Morgan fingerprint density at radius 3 is 2.85 bits per heavy atom. The lowest BCUT2D eigenvalue weighted by molar-refractivity contribution is -0.118. The Labute approximate surface area is 130 Å². The third-order valence-corrected chi connectivity index (χ3v) is 3.93. The molecule has 1 aromatic rings. The fourth-order valence-electron chi connectivity index (χ4n) is 1.43. The number of halogens is 1. The van der Waals surface area contributed by atoms with Crippen molar-refractivity contribution in [1.82, 2.24) is 5.32 Å². The highest BCUT2D eigenvalue weighted by atomic mass is 79.9. The van der Waals surface area contributed by atoms with Crippen LogP contribution in [0.5, 0.6) is 0 Å². The van der Waals surface area contributed by atoms with Crippen molar-refractivity contribution < 1.29 is 19.4 Å². The summed E-state index contributed by atoms with van der Waals surface area (Å²) in [5, 5.41) is 11.8. The van der Waals surface area contributed by atoms with Crippen molar-refractivity contribution in [2.75, 3.05) is 26.0 Å². The van der Waals surface area contributed by atoms with Crippen LogP contribution in [0.1, 0.15) is 16.8 Å². The molecule has 0 aliphatic carbocycles. The number of carbonyl (C=O) groups is 2. The van der Waals surface area contributed by atoms with E-state index in [0.717, 1.165) is 10.9 Å². The minimum absolute atomic E-state index is 0.123. The van der Waals surface area contributed by atoms with Crippen LogP contribution in [0.25, 0.3) is 0 Å². The van der Waals surface area contributed by atoms with Crippen molar-refractivity contribution in [3.63, 3.8) is 0 Å². The summed E-state index contributed by atoms with van der Waals surface area (Å²) in [6, 6.07) is 4.88. The van der Waals surface area contributed by atoms with E-state index in [1.807, 2.05) is 0 Å². The summed E-state index contributed by atoms with van der Waals surface area (Å²) in [4.78, 5) is 23.3. The zero-order chi connectivity index (χ0) is 15.0. The van der Waals surface area contributed by atoms with E-state index in [0.29, 0.717) is 18.0 Å². The second kappa shape index (κ2) is 8.99. The van der Waals surface area contributed by atoms with E-state index in [9.17, 15) is 9.59 Å². The highest BCUT2D eigenvalue weighted by molar-refractivity contribution is 9.10. The summed E-state index contributed by atoms with van der Waals surface area (Å²) in [5.41, 5.74) is 0.199. The molecule has 0 aliphatic rings. The SMILES string of the molecule is COCCCNC(=O)CSc1cc(Br)ccc1C(=O)O. The summed E-state index contributed by atoms with van der Waals surface area (Å²) in [6.45, 7) is 1.15. The normalized spacial score (nSPS) is 10.3. The summed E-state index contributed by atoms with van der Waals surface area (Å²) in [6.07, 6.45) is 0.754. The average molecular weight is 362 g/mol. The Morgan fingerprint density at radius 1 is 1.45 bits per heavy atom. The number of hydrogen-bond donors (Lipinski definition) is 2. The van der Waals surface area contributed by atoms with Crippen molar-refractivity contribution in [1.29, 1.82) is 0 Å². The van der Waals surface area contributed by atoms with Gasteiger partial charge in [-0.25, -0.2) is 4.79 Å². The van der Waals surface area contributed by atoms with Gasteiger partial charge in [-0.15, -0.1) is 11.8 Å². The molecule has 2 N–H and O–H groups in total. The number of benzene rings is 1. The molecule has 0 unspecified atom stereocenters. The molecule has 0 heterocycles. The maximum Gasteiger partial charge on any atom is 0.336 e. The Bertz CT molecular complexity index is 481. The van der Waals surface area contributed by atoms with Crippen LogP contribution < -0.4 is 5.32 Å². The molecule has 0 bridgehead atoms. The number of nitrogens with one attached hydrogen (secondary N) is 1. The first-order chi connectivity index (χ1) is 9.54. The number of hydrogen-bond acceptors (Lipinski definition) is 4. The predicted octanol–water partition coefficient (Wildman–Crippen LogP) is 2.39. The Kier molecular flexibility index (Phi) is 7.64. The lowest BCUT2D eigenvalue weighted by Gasteiger charge is -2.07. The summed E-state index contributed by atoms with van der Waals surface area (Å²) >= 11 is 4.50. The standard InChI is InChI=1S/C13H16BrNO4S/c1-19-6-2-5-15-12(16)8-20-11-7-9(14)3-4-10(11)13(17)18/h3-4,7H,2,5-6,8H2,1H3,(H,15,16)(H,17,18). The van der Waals surface area contributed by atoms with Crippen molar-refractivity contribution in [2.45, 2.75) is 11.3 Å². The van der Waals surface area contributed by atoms with E-state index in [4.69, 9.17) is 9.84 Å². The number of rotatable bonds is 8. The lowest BCUT2D eigenvalue weighted by Crippen LogP contribution is -2.26. The molecule has 0 fully saturated rings. The van der Waals surface area contributed by atoms with E-state index in [2.05, 4.69) is 21.2 Å². The van der Waals surface area contributed by atoms with Crippen LogP contribution >= 0.6 is 27.7 Å². The number of methoxy groups -OCH3 is 1. The van der Waals surface area contributed by atoms with Crippen LogP contribution in [0.15, 0.2) is 27.6 Å². The second-order valence-corrected chi connectivity index (χ2v) is 5.86. The fraction of sp³-hybridized carbons (Fsp3) is 0.385. The van der Waals surface area contributed by atoms with Gasteiger partial charge in [0.05, 0.1) is 11.3 Å². The van der Waals surface area contributed by atoms with Gasteiger partial charge >= 0.3 is 5.97 Å². The van der Waals surface area contributed by atoms with Gasteiger partial charge in [0.25, 0.3) is 0 Å². The van der Waals surface area contributed by atoms with Gasteiger partial charge in [0.15, 0.2) is 0 Å². The molecule has 20 heavy (non-hydrogen) atoms. The third kappa shape index (κ3) is 5.94. The number of amides is 1. The Morgan fingerprint density at radius 2 is 2.20 bits per heavy atom. The van der Waals surface area contributed by atoms with Crippen LogP contribution in [0.2, 0.25) is 0 Å². The Balaban J connectivity index is 2.50. The number of aromatic carboxylic acids is 1. The average Bonchev–Trinajstić information content (AvgIpc) is 2.41. The lowest BCUT2D eigenvalue weighted by atomic mass is 10.2. The summed E-state index contributed by atoms with van der Waals surface area (Å²) in [5.74, 6) is -0.938. The van der Waals surface area contributed by atoms with Gasteiger partial charge in [-0.05, 0) is 24.6 Å². The second-order valence-electron chi connectivity index (χ2n) is 3.93. The minimum atomic E-state index is -1.000. The van der Waals surface area contributed by atoms with Gasteiger partial charge in [0.1, 0.15) is 0 Å². The predicted molar refractivity (Wildman–Crippen MR) is 81.3 cm³/mol. The number of carboxylic acid groups (broad SMARTS) is 1. The topological polar surface area (TPSA) is 75.6 Å². The molecule has 0 aromatic heterocycles. The van der Waals surface area contributed by atoms with Crippen molar-refractivity contribution in [3.05, 3.63) is 28.2 Å². The van der Waals surface area contributed by atoms with Crippen LogP contribution in [0.4, 0.5) is 0 Å². The summed E-state index contributed by atoms with van der Waals surface area (Å²) in [7, 11) is 1.61. The first kappa shape index (κ1) is 17.0. The zero-order valence-corrected chi connectivity index (χ0v) is 13.4. The first-order valence-electron chi connectivity index (χ1n) is 5.96. The number of carboxylic acids is 1. The van der Waals surface area contributed by atoms with Gasteiger partial charge in [0.2, 0.25) is 5.91 Å². The fourth-order valence-corrected chi connectivity index (χ4v) is 2.85. The van der Waals surface area contributed by atoms with Gasteiger partial charge in [-0.1, -0.05) is 15.9 Å². The van der Waals surface area contributed by atoms with Crippen LogP contribution in [0.3, 0.4) is 0 Å². The highest BCUT2D eigenvalue weighted by Crippen LogP contribution is 2.26. The molecule has 0 spiro atoms.